The number of rotatable bonds is 8. The summed E-state index contributed by atoms with van der Waals surface area (Å²) < 4.78 is 6.76. The van der Waals surface area contributed by atoms with Gasteiger partial charge in [-0.2, -0.15) is 0 Å². The molecule has 1 unspecified atom stereocenters. The van der Waals surface area contributed by atoms with Crippen LogP contribution in [-0.2, 0) is 16.1 Å². The van der Waals surface area contributed by atoms with Crippen molar-refractivity contribution < 1.29 is 14.3 Å². The monoisotopic (exact) mass is 500 g/mol. The fourth-order valence-electron chi connectivity index (χ4n) is 4.23. The second kappa shape index (κ2) is 11.5. The van der Waals surface area contributed by atoms with Crippen LogP contribution in [0.2, 0.25) is 0 Å². The molecule has 0 aliphatic heterocycles. The number of benzene rings is 2. The summed E-state index contributed by atoms with van der Waals surface area (Å²) in [6, 6.07) is 13.3. The molecule has 3 rings (SSSR count). The highest BCUT2D eigenvalue weighted by molar-refractivity contribution is 9.10. The summed E-state index contributed by atoms with van der Waals surface area (Å²) in [5, 5.41) is 3.16. The Hall–Kier alpha value is -2.34. The molecule has 1 saturated carbocycles. The third kappa shape index (κ3) is 7.09. The number of carbonyl (C=O) groups is 2. The summed E-state index contributed by atoms with van der Waals surface area (Å²) in [5.41, 5.74) is 3.12. The van der Waals surface area contributed by atoms with E-state index in [2.05, 4.69) is 27.3 Å². The summed E-state index contributed by atoms with van der Waals surface area (Å²) >= 11 is 3.49. The van der Waals surface area contributed by atoms with Crippen molar-refractivity contribution >= 4 is 27.7 Å². The predicted octanol–water partition coefficient (Wildman–Crippen LogP) is 5.31. The predicted molar refractivity (Wildman–Crippen MR) is 131 cm³/mol. The number of amides is 2. The average Bonchev–Trinajstić information content (AvgIpc) is 2.75. The van der Waals surface area contributed by atoms with Gasteiger partial charge in [-0.15, -0.1) is 0 Å². The van der Waals surface area contributed by atoms with Crippen molar-refractivity contribution in [1.29, 1.82) is 0 Å². The molecule has 0 radical (unpaired) electrons. The summed E-state index contributed by atoms with van der Waals surface area (Å²) in [7, 11) is 0. The second-order valence-electron chi connectivity index (χ2n) is 8.78. The highest BCUT2D eigenvalue weighted by atomic mass is 79.9. The Kier molecular flexibility index (Phi) is 8.74. The van der Waals surface area contributed by atoms with Gasteiger partial charge in [0.15, 0.2) is 6.61 Å². The molecule has 6 heteroatoms. The molecule has 1 aliphatic rings. The van der Waals surface area contributed by atoms with Crippen LogP contribution in [0.5, 0.6) is 5.75 Å². The highest BCUT2D eigenvalue weighted by Crippen LogP contribution is 2.20. The lowest BCUT2D eigenvalue weighted by atomic mass is 9.95. The highest BCUT2D eigenvalue weighted by Gasteiger charge is 2.28. The third-order valence-corrected chi connectivity index (χ3v) is 6.41. The Bertz CT molecular complexity index is 920. The van der Waals surface area contributed by atoms with E-state index in [0.717, 1.165) is 46.8 Å². The molecule has 0 bridgehead atoms. The van der Waals surface area contributed by atoms with Crippen LogP contribution in [0.3, 0.4) is 0 Å². The lowest BCUT2D eigenvalue weighted by Crippen LogP contribution is -2.51. The zero-order chi connectivity index (χ0) is 23.1. The number of nitrogens with one attached hydrogen (secondary N) is 1. The first-order valence-corrected chi connectivity index (χ1v) is 12.2. The maximum atomic E-state index is 13.2. The number of aryl methyl sites for hydroxylation is 2. The van der Waals surface area contributed by atoms with Gasteiger partial charge in [-0.1, -0.05) is 53.4 Å². The van der Waals surface area contributed by atoms with Gasteiger partial charge in [-0.25, -0.2) is 0 Å². The molecule has 2 aromatic carbocycles. The molecule has 0 heterocycles. The van der Waals surface area contributed by atoms with Gasteiger partial charge in [0.05, 0.1) is 0 Å². The molecule has 1 fully saturated rings. The van der Waals surface area contributed by atoms with Crippen LogP contribution in [0.25, 0.3) is 0 Å². The van der Waals surface area contributed by atoms with E-state index in [0.29, 0.717) is 12.3 Å². The van der Waals surface area contributed by atoms with E-state index in [9.17, 15) is 9.59 Å². The minimum atomic E-state index is -0.591. The molecule has 32 heavy (non-hydrogen) atoms. The molecule has 2 aromatic rings. The number of halogens is 1. The minimum Gasteiger partial charge on any atom is -0.484 e. The average molecular weight is 501 g/mol. The van der Waals surface area contributed by atoms with E-state index in [4.69, 9.17) is 4.74 Å². The van der Waals surface area contributed by atoms with Crippen LogP contribution in [0.15, 0.2) is 46.9 Å². The molecule has 0 saturated heterocycles. The topological polar surface area (TPSA) is 58.6 Å². The van der Waals surface area contributed by atoms with Crippen LogP contribution in [0.4, 0.5) is 0 Å². The fraction of sp³-hybridized carbons (Fsp3) is 0.462. The van der Waals surface area contributed by atoms with E-state index in [1.165, 1.54) is 6.42 Å². The molecule has 1 N–H and O–H groups in total. The van der Waals surface area contributed by atoms with E-state index < -0.39 is 6.04 Å². The maximum absolute atomic E-state index is 13.2. The van der Waals surface area contributed by atoms with Crippen LogP contribution in [0, 0.1) is 13.8 Å². The van der Waals surface area contributed by atoms with Crippen molar-refractivity contribution in [2.24, 2.45) is 0 Å². The zero-order valence-corrected chi connectivity index (χ0v) is 20.8. The van der Waals surface area contributed by atoms with Gasteiger partial charge in [0.25, 0.3) is 5.91 Å². The molecule has 1 atom stereocenters. The molecular weight excluding hydrogens is 468 g/mol. The van der Waals surface area contributed by atoms with Crippen molar-refractivity contribution in [2.45, 2.75) is 71.5 Å². The van der Waals surface area contributed by atoms with E-state index >= 15 is 0 Å². The smallest absolute Gasteiger partial charge is 0.261 e. The minimum absolute atomic E-state index is 0.105. The second-order valence-corrected chi connectivity index (χ2v) is 9.70. The first-order valence-electron chi connectivity index (χ1n) is 11.4. The first-order chi connectivity index (χ1) is 15.3. The number of hydrogen-bond acceptors (Lipinski definition) is 3. The van der Waals surface area contributed by atoms with E-state index in [1.54, 1.807) is 11.8 Å². The van der Waals surface area contributed by atoms with Crippen LogP contribution in [0.1, 0.15) is 55.7 Å². The Labute approximate surface area is 199 Å². The van der Waals surface area contributed by atoms with E-state index in [1.807, 2.05) is 50.2 Å². The number of ether oxygens (including phenoxy) is 1. The Balaban J connectivity index is 1.72. The number of hydrogen-bond donors (Lipinski definition) is 1. The quantitative estimate of drug-likeness (QED) is 0.534. The lowest BCUT2D eigenvalue weighted by Gasteiger charge is -2.31. The van der Waals surface area contributed by atoms with Crippen LogP contribution < -0.4 is 10.1 Å². The standard InChI is InChI=1S/C26H33BrN2O3/c1-18-12-19(2)14-24(13-18)32-17-25(30)29(16-21-8-7-9-22(27)15-21)20(3)26(31)28-23-10-5-4-6-11-23/h7-9,12-15,20,23H,4-6,10-11,16-17H2,1-3H3,(H,28,31). The SMILES string of the molecule is Cc1cc(C)cc(OCC(=O)N(Cc2cccc(Br)c2)C(C)C(=O)NC2CCCCC2)c1. The summed E-state index contributed by atoms with van der Waals surface area (Å²) in [6.07, 6.45) is 5.53. The van der Waals surface area contributed by atoms with E-state index in [-0.39, 0.29) is 24.5 Å². The molecule has 0 aromatic heterocycles. The number of carbonyl (C=O) groups excluding carboxylic acids is 2. The maximum Gasteiger partial charge on any atom is 0.261 e. The third-order valence-electron chi connectivity index (χ3n) is 5.92. The van der Waals surface area contributed by atoms with Crippen molar-refractivity contribution in [1.82, 2.24) is 10.2 Å². The Morgan fingerprint density at radius 2 is 1.78 bits per heavy atom. The van der Waals surface area contributed by atoms with Crippen LogP contribution >= 0.6 is 15.9 Å². The lowest BCUT2D eigenvalue weighted by molar-refractivity contribution is -0.142. The van der Waals surface area contributed by atoms with Gasteiger partial charge in [-0.3, -0.25) is 9.59 Å². The summed E-state index contributed by atoms with van der Waals surface area (Å²) in [4.78, 5) is 27.9. The fourth-order valence-corrected chi connectivity index (χ4v) is 4.67. The molecule has 0 spiro atoms. The summed E-state index contributed by atoms with van der Waals surface area (Å²) in [5.74, 6) is 0.347. The first kappa shape index (κ1) is 24.3. The van der Waals surface area contributed by atoms with Gasteiger partial charge in [-0.05, 0) is 74.6 Å². The molecule has 2 amide bonds. The van der Waals surface area contributed by atoms with Crippen LogP contribution in [-0.4, -0.2) is 35.4 Å². The Morgan fingerprint density at radius 3 is 2.44 bits per heavy atom. The van der Waals surface area contributed by atoms with Gasteiger partial charge >= 0.3 is 0 Å². The molecule has 1 aliphatic carbocycles. The van der Waals surface area contributed by atoms with Gasteiger partial charge in [0, 0.05) is 17.1 Å². The molecule has 5 nitrogen and oxygen atoms in total. The van der Waals surface area contributed by atoms with Gasteiger partial charge in [0.1, 0.15) is 11.8 Å². The van der Waals surface area contributed by atoms with Crippen molar-refractivity contribution in [3.8, 4) is 5.75 Å². The Morgan fingerprint density at radius 1 is 1.09 bits per heavy atom. The zero-order valence-electron chi connectivity index (χ0n) is 19.2. The van der Waals surface area contributed by atoms with Crippen molar-refractivity contribution in [3.63, 3.8) is 0 Å². The molecular formula is C26H33BrN2O3. The molecule has 172 valence electrons. The largest absolute Gasteiger partial charge is 0.484 e. The number of nitrogens with zero attached hydrogens (tertiary/aromatic N) is 1. The summed E-state index contributed by atoms with van der Waals surface area (Å²) in [6.45, 7) is 6.02. The van der Waals surface area contributed by atoms with Gasteiger partial charge in [0.2, 0.25) is 5.91 Å². The van der Waals surface area contributed by atoms with Gasteiger partial charge < -0.3 is 15.0 Å². The van der Waals surface area contributed by atoms with Crippen molar-refractivity contribution in [2.75, 3.05) is 6.61 Å². The van der Waals surface area contributed by atoms with Crippen molar-refractivity contribution in [3.05, 3.63) is 63.6 Å². The normalized spacial score (nSPS) is 15.1.